The Kier molecular flexibility index (Phi) is 6.03. The number of aryl methyl sites for hydroxylation is 3. The van der Waals surface area contributed by atoms with Crippen molar-refractivity contribution < 1.29 is 4.79 Å². The average molecular weight is 410 g/mol. The second kappa shape index (κ2) is 8.87. The van der Waals surface area contributed by atoms with E-state index in [-0.39, 0.29) is 12.1 Å². The van der Waals surface area contributed by atoms with E-state index < -0.39 is 0 Å². The zero-order chi connectivity index (χ0) is 21.1. The number of hydrogen-bond donors (Lipinski definition) is 2. The Morgan fingerprint density at radius 1 is 1.30 bits per heavy atom. The van der Waals surface area contributed by atoms with Crippen LogP contribution in [0, 0.1) is 13.8 Å². The first-order valence-corrected chi connectivity index (χ1v) is 10.7. The second-order valence-corrected chi connectivity index (χ2v) is 8.27. The van der Waals surface area contributed by atoms with E-state index in [4.69, 9.17) is 0 Å². The summed E-state index contributed by atoms with van der Waals surface area (Å²) in [5.74, 6) is 0. The number of nitrogens with zero attached hydrogens (tertiary/aromatic N) is 5. The van der Waals surface area contributed by atoms with Gasteiger partial charge in [0.15, 0.2) is 0 Å². The minimum absolute atomic E-state index is 0.0292. The quantitative estimate of drug-likeness (QED) is 0.613. The number of aromatic nitrogens is 4. The third-order valence-electron chi connectivity index (χ3n) is 6.05. The molecule has 0 bridgehead atoms. The summed E-state index contributed by atoms with van der Waals surface area (Å²) in [5, 5.41) is 11.7. The highest BCUT2D eigenvalue weighted by Crippen LogP contribution is 2.27. The molecule has 0 saturated carbocycles. The van der Waals surface area contributed by atoms with Crippen molar-refractivity contribution >= 4 is 22.6 Å². The van der Waals surface area contributed by atoms with Crippen LogP contribution in [0.25, 0.3) is 10.9 Å². The molecule has 2 amide bonds. The van der Waals surface area contributed by atoms with E-state index in [1.165, 1.54) is 0 Å². The number of fused-ring (bicyclic) bond motifs is 1. The zero-order valence-corrected chi connectivity index (χ0v) is 18.1. The standard InChI is InChI=1S/C22H31N7O/c1-16-14-23-15-28(16)10-4-9-24-22(30)29(18-7-11-27(3)12-8-18)19-5-6-20-17(2)25-26-21(20)13-19/h5-6,13-15,18H,4,7-12H2,1-3H3,(H,24,30)(H,25,26). The van der Waals surface area contributed by atoms with Crippen LogP contribution in [0.3, 0.4) is 0 Å². The van der Waals surface area contributed by atoms with Crippen molar-refractivity contribution in [3.63, 3.8) is 0 Å². The monoisotopic (exact) mass is 409 g/mol. The van der Waals surface area contributed by atoms with Gasteiger partial charge in [-0.3, -0.25) is 10.00 Å². The molecule has 2 N–H and O–H groups in total. The van der Waals surface area contributed by atoms with Gasteiger partial charge in [0.1, 0.15) is 0 Å². The second-order valence-electron chi connectivity index (χ2n) is 8.27. The number of urea groups is 1. The first-order chi connectivity index (χ1) is 14.5. The predicted octanol–water partition coefficient (Wildman–Crippen LogP) is 3.08. The van der Waals surface area contributed by atoms with Crippen molar-refractivity contribution in [1.29, 1.82) is 0 Å². The van der Waals surface area contributed by atoms with E-state index in [1.807, 2.05) is 43.4 Å². The number of aromatic amines is 1. The Morgan fingerprint density at radius 2 is 2.10 bits per heavy atom. The van der Waals surface area contributed by atoms with Gasteiger partial charge in [-0.25, -0.2) is 9.78 Å². The Balaban J connectivity index is 1.47. The Labute approximate surface area is 177 Å². The predicted molar refractivity (Wildman–Crippen MR) is 119 cm³/mol. The summed E-state index contributed by atoms with van der Waals surface area (Å²) in [6.45, 7) is 7.52. The topological polar surface area (TPSA) is 82.1 Å². The molecule has 1 aliphatic rings. The molecule has 30 heavy (non-hydrogen) atoms. The van der Waals surface area contributed by atoms with E-state index in [0.29, 0.717) is 6.54 Å². The van der Waals surface area contributed by atoms with Crippen molar-refractivity contribution in [2.24, 2.45) is 0 Å². The minimum Gasteiger partial charge on any atom is -0.338 e. The number of anilines is 1. The Hall–Kier alpha value is -2.87. The number of H-pyrrole nitrogens is 1. The van der Waals surface area contributed by atoms with Gasteiger partial charge < -0.3 is 14.8 Å². The van der Waals surface area contributed by atoms with E-state index >= 15 is 0 Å². The van der Waals surface area contributed by atoms with E-state index in [2.05, 4.69) is 43.1 Å². The summed E-state index contributed by atoms with van der Waals surface area (Å²) in [5.41, 5.74) is 3.98. The highest BCUT2D eigenvalue weighted by molar-refractivity contribution is 5.95. The molecule has 1 saturated heterocycles. The number of rotatable bonds is 6. The van der Waals surface area contributed by atoms with Crippen LogP contribution in [-0.4, -0.2) is 63.4 Å². The maximum Gasteiger partial charge on any atom is 0.322 e. The Bertz CT molecular complexity index is 1000. The first-order valence-electron chi connectivity index (χ1n) is 10.7. The van der Waals surface area contributed by atoms with Crippen LogP contribution < -0.4 is 10.2 Å². The molecule has 0 spiro atoms. The van der Waals surface area contributed by atoms with Crippen LogP contribution in [0.5, 0.6) is 0 Å². The lowest BCUT2D eigenvalue weighted by atomic mass is 10.0. The molecule has 3 aromatic rings. The minimum atomic E-state index is -0.0292. The lowest BCUT2D eigenvalue weighted by Gasteiger charge is -2.37. The summed E-state index contributed by atoms with van der Waals surface area (Å²) >= 11 is 0. The molecular formula is C22H31N7O. The fourth-order valence-corrected chi connectivity index (χ4v) is 4.18. The Morgan fingerprint density at radius 3 is 2.83 bits per heavy atom. The molecule has 1 fully saturated rings. The number of amides is 2. The van der Waals surface area contributed by atoms with Gasteiger partial charge in [-0.05, 0) is 71.4 Å². The number of carbonyl (C=O) groups is 1. The summed E-state index contributed by atoms with van der Waals surface area (Å²) < 4.78 is 2.11. The third kappa shape index (κ3) is 4.33. The van der Waals surface area contributed by atoms with Gasteiger partial charge in [0.05, 0.1) is 11.8 Å². The van der Waals surface area contributed by atoms with E-state index in [1.54, 1.807) is 0 Å². The van der Waals surface area contributed by atoms with Crippen LogP contribution in [0.2, 0.25) is 0 Å². The highest BCUT2D eigenvalue weighted by Gasteiger charge is 2.28. The summed E-state index contributed by atoms with van der Waals surface area (Å²) in [7, 11) is 2.14. The van der Waals surface area contributed by atoms with Crippen LogP contribution >= 0.6 is 0 Å². The van der Waals surface area contributed by atoms with Gasteiger partial charge in [-0.1, -0.05) is 0 Å². The van der Waals surface area contributed by atoms with Crippen molar-refractivity contribution in [3.8, 4) is 0 Å². The van der Waals surface area contributed by atoms with Gasteiger partial charge >= 0.3 is 6.03 Å². The van der Waals surface area contributed by atoms with Gasteiger partial charge in [-0.2, -0.15) is 5.10 Å². The molecule has 0 unspecified atom stereocenters. The number of hydrogen-bond acceptors (Lipinski definition) is 4. The average Bonchev–Trinajstić information content (AvgIpc) is 3.32. The van der Waals surface area contributed by atoms with Gasteiger partial charge in [0.25, 0.3) is 0 Å². The zero-order valence-electron chi connectivity index (χ0n) is 18.1. The first kappa shape index (κ1) is 20.4. The lowest BCUT2D eigenvalue weighted by Crippen LogP contribution is -2.50. The summed E-state index contributed by atoms with van der Waals surface area (Å²) in [6.07, 6.45) is 6.49. The maximum atomic E-state index is 13.2. The molecule has 160 valence electrons. The van der Waals surface area contributed by atoms with Crippen molar-refractivity contribution in [3.05, 3.63) is 42.1 Å². The van der Waals surface area contributed by atoms with Crippen molar-refractivity contribution in [2.45, 2.75) is 45.7 Å². The molecular weight excluding hydrogens is 378 g/mol. The molecule has 8 heteroatoms. The van der Waals surface area contributed by atoms with Crippen LogP contribution in [0.15, 0.2) is 30.7 Å². The van der Waals surface area contributed by atoms with E-state index in [9.17, 15) is 4.79 Å². The molecule has 4 rings (SSSR count). The largest absolute Gasteiger partial charge is 0.338 e. The number of likely N-dealkylation sites (tertiary alicyclic amines) is 1. The van der Waals surface area contributed by atoms with Crippen LogP contribution in [-0.2, 0) is 6.54 Å². The van der Waals surface area contributed by atoms with Crippen LogP contribution in [0.1, 0.15) is 30.7 Å². The van der Waals surface area contributed by atoms with E-state index in [0.717, 1.165) is 66.9 Å². The fraction of sp³-hybridized carbons (Fsp3) is 0.500. The molecule has 0 radical (unpaired) electrons. The van der Waals surface area contributed by atoms with Gasteiger partial charge in [0, 0.05) is 47.8 Å². The highest BCUT2D eigenvalue weighted by atomic mass is 16.2. The number of benzene rings is 1. The molecule has 0 atom stereocenters. The SMILES string of the molecule is Cc1[nH]nc2cc(N(C(=O)NCCCn3cncc3C)C3CCN(C)CC3)ccc12. The fourth-order valence-electron chi connectivity index (χ4n) is 4.18. The molecule has 1 aliphatic heterocycles. The van der Waals surface area contributed by atoms with Crippen molar-refractivity contribution in [1.82, 2.24) is 30.0 Å². The summed E-state index contributed by atoms with van der Waals surface area (Å²) in [6, 6.07) is 6.28. The molecule has 1 aromatic carbocycles. The van der Waals surface area contributed by atoms with Gasteiger partial charge in [-0.15, -0.1) is 0 Å². The van der Waals surface area contributed by atoms with Crippen molar-refractivity contribution in [2.75, 3.05) is 31.6 Å². The number of nitrogens with one attached hydrogen (secondary N) is 2. The smallest absolute Gasteiger partial charge is 0.322 e. The number of imidazole rings is 1. The maximum absolute atomic E-state index is 13.2. The normalized spacial score (nSPS) is 15.6. The number of carbonyl (C=O) groups excluding carboxylic acids is 1. The molecule has 3 heterocycles. The van der Waals surface area contributed by atoms with Crippen LogP contribution in [0.4, 0.5) is 10.5 Å². The molecule has 2 aromatic heterocycles. The lowest BCUT2D eigenvalue weighted by molar-refractivity contribution is 0.227. The molecule has 8 nitrogen and oxygen atoms in total. The molecule has 0 aliphatic carbocycles. The third-order valence-corrected chi connectivity index (χ3v) is 6.05. The van der Waals surface area contributed by atoms with Gasteiger partial charge in [0.2, 0.25) is 0 Å². The number of piperidine rings is 1. The summed E-state index contributed by atoms with van der Waals surface area (Å²) in [4.78, 5) is 21.7.